The minimum atomic E-state index is -0.164. The zero-order chi connectivity index (χ0) is 17.3. The molecule has 0 aliphatic heterocycles. The number of benzene rings is 1. The molecule has 0 atom stereocenters. The van der Waals surface area contributed by atoms with Crippen LogP contribution in [0.3, 0.4) is 0 Å². The molecule has 0 fully saturated rings. The van der Waals surface area contributed by atoms with Crippen LogP contribution >= 0.6 is 0 Å². The Morgan fingerprint density at radius 1 is 0.960 bits per heavy atom. The van der Waals surface area contributed by atoms with Crippen molar-refractivity contribution in [1.29, 1.82) is 0 Å². The molecule has 0 bridgehead atoms. The molecule has 0 radical (unpaired) electrons. The molecule has 1 aromatic carbocycles. The molecule has 3 rings (SSSR count). The largest absolute Gasteiger partial charge is 0.463 e. The molecule has 0 saturated heterocycles. The third-order valence-electron chi connectivity index (χ3n) is 3.82. The molecule has 0 saturated carbocycles. The number of aromatic nitrogens is 1. The summed E-state index contributed by atoms with van der Waals surface area (Å²) in [6.45, 7) is 1.09. The number of amides is 2. The second-order valence-corrected chi connectivity index (χ2v) is 5.73. The summed E-state index contributed by atoms with van der Waals surface area (Å²) in [5, 5.41) is 5.71. The molecule has 3 aromatic rings. The van der Waals surface area contributed by atoms with Gasteiger partial charge >= 0.3 is 6.03 Å². The molecule has 2 amide bonds. The van der Waals surface area contributed by atoms with Gasteiger partial charge in [-0.15, -0.1) is 0 Å². The van der Waals surface area contributed by atoms with Gasteiger partial charge in [0.15, 0.2) is 5.76 Å². The van der Waals surface area contributed by atoms with Crippen molar-refractivity contribution in [2.24, 2.45) is 0 Å². The van der Waals surface area contributed by atoms with Crippen LogP contribution in [0.5, 0.6) is 0 Å². The number of carbonyl (C=O) groups is 1. The Labute approximate surface area is 147 Å². The summed E-state index contributed by atoms with van der Waals surface area (Å²) in [5.74, 6) is 0.732. The number of aryl methyl sites for hydroxylation is 1. The molecule has 25 heavy (non-hydrogen) atoms. The predicted octanol–water partition coefficient (Wildman–Crippen LogP) is 3.77. The normalized spacial score (nSPS) is 10.4. The molecule has 0 unspecified atom stereocenters. The Kier molecular flexibility index (Phi) is 5.82. The van der Waals surface area contributed by atoms with Gasteiger partial charge in [-0.25, -0.2) is 4.79 Å². The average molecular weight is 335 g/mol. The number of nitrogens with one attached hydrogen (secondary N) is 2. The van der Waals surface area contributed by atoms with E-state index >= 15 is 0 Å². The lowest BCUT2D eigenvalue weighted by atomic mass is 10.1. The van der Waals surface area contributed by atoms with E-state index in [1.807, 2.05) is 42.5 Å². The molecule has 5 nitrogen and oxygen atoms in total. The third kappa shape index (κ3) is 5.21. The fourth-order valence-corrected chi connectivity index (χ4v) is 2.48. The van der Waals surface area contributed by atoms with E-state index in [1.165, 1.54) is 5.56 Å². The maximum Gasteiger partial charge on any atom is 0.315 e. The second-order valence-electron chi connectivity index (χ2n) is 5.73. The van der Waals surface area contributed by atoms with Crippen molar-refractivity contribution in [3.63, 3.8) is 0 Å². The van der Waals surface area contributed by atoms with Gasteiger partial charge in [-0.3, -0.25) is 4.98 Å². The Balaban J connectivity index is 1.36. The standard InChI is InChI=1S/C20H21N3O2/c24-20(21-12-4-8-16-6-2-1-3-7-16)23-15-17-10-11-18(22-14-17)19-9-5-13-25-19/h1-3,5-7,9-11,13-14H,4,8,12,15H2,(H2,21,23,24). The van der Waals surface area contributed by atoms with E-state index in [9.17, 15) is 4.79 Å². The molecule has 2 N–H and O–H groups in total. The highest BCUT2D eigenvalue weighted by Crippen LogP contribution is 2.16. The number of carbonyl (C=O) groups excluding carboxylic acids is 1. The van der Waals surface area contributed by atoms with Crippen molar-refractivity contribution in [2.75, 3.05) is 6.54 Å². The highest BCUT2D eigenvalue weighted by atomic mass is 16.3. The number of rotatable bonds is 7. The van der Waals surface area contributed by atoms with Gasteiger partial charge in [0, 0.05) is 19.3 Å². The number of nitrogens with zero attached hydrogens (tertiary/aromatic N) is 1. The lowest BCUT2D eigenvalue weighted by molar-refractivity contribution is 0.240. The van der Waals surface area contributed by atoms with E-state index in [1.54, 1.807) is 12.5 Å². The molecule has 0 aliphatic rings. The Bertz CT molecular complexity index is 768. The quantitative estimate of drug-likeness (QED) is 0.646. The van der Waals surface area contributed by atoms with Crippen LogP contribution in [0.2, 0.25) is 0 Å². The van der Waals surface area contributed by atoms with Crippen molar-refractivity contribution in [2.45, 2.75) is 19.4 Å². The Morgan fingerprint density at radius 3 is 2.56 bits per heavy atom. The maximum absolute atomic E-state index is 11.8. The fourth-order valence-electron chi connectivity index (χ4n) is 2.48. The van der Waals surface area contributed by atoms with Gasteiger partial charge in [-0.1, -0.05) is 36.4 Å². The first-order valence-electron chi connectivity index (χ1n) is 8.36. The Hall–Kier alpha value is -3.08. The average Bonchev–Trinajstić information content (AvgIpc) is 3.20. The summed E-state index contributed by atoms with van der Waals surface area (Å²) in [4.78, 5) is 16.2. The van der Waals surface area contributed by atoms with Crippen LogP contribution in [-0.2, 0) is 13.0 Å². The number of hydrogen-bond donors (Lipinski definition) is 2. The van der Waals surface area contributed by atoms with E-state index in [2.05, 4.69) is 27.8 Å². The number of pyridine rings is 1. The van der Waals surface area contributed by atoms with Gasteiger partial charge in [0.05, 0.1) is 6.26 Å². The van der Waals surface area contributed by atoms with Crippen LogP contribution in [0, 0.1) is 0 Å². The molecule has 2 aromatic heterocycles. The summed E-state index contributed by atoms with van der Waals surface area (Å²) in [6, 6.07) is 17.6. The first kappa shape index (κ1) is 16.8. The summed E-state index contributed by atoms with van der Waals surface area (Å²) in [6.07, 6.45) is 5.23. The van der Waals surface area contributed by atoms with Crippen LogP contribution < -0.4 is 10.6 Å². The van der Waals surface area contributed by atoms with Crippen LogP contribution in [0.15, 0.2) is 71.5 Å². The molecule has 2 heterocycles. The van der Waals surface area contributed by atoms with Crippen molar-refractivity contribution in [3.05, 3.63) is 78.2 Å². The number of furan rings is 1. The van der Waals surface area contributed by atoms with Gasteiger partial charge in [-0.2, -0.15) is 0 Å². The monoisotopic (exact) mass is 335 g/mol. The summed E-state index contributed by atoms with van der Waals surface area (Å²) < 4.78 is 5.30. The fraction of sp³-hybridized carbons (Fsp3) is 0.200. The van der Waals surface area contributed by atoms with Gasteiger partial charge in [0.1, 0.15) is 5.69 Å². The molecule has 5 heteroatoms. The maximum atomic E-state index is 11.8. The van der Waals surface area contributed by atoms with Gasteiger partial charge < -0.3 is 15.1 Å². The smallest absolute Gasteiger partial charge is 0.315 e. The summed E-state index contributed by atoms with van der Waals surface area (Å²) in [7, 11) is 0. The van der Waals surface area contributed by atoms with Crippen LogP contribution in [-0.4, -0.2) is 17.6 Å². The Morgan fingerprint density at radius 2 is 1.84 bits per heavy atom. The molecule has 128 valence electrons. The van der Waals surface area contributed by atoms with Gasteiger partial charge in [-0.05, 0) is 42.2 Å². The number of urea groups is 1. The van der Waals surface area contributed by atoms with Crippen LogP contribution in [0.1, 0.15) is 17.5 Å². The first-order chi connectivity index (χ1) is 12.3. The third-order valence-corrected chi connectivity index (χ3v) is 3.82. The molecule has 0 spiro atoms. The van der Waals surface area contributed by atoms with E-state index in [-0.39, 0.29) is 6.03 Å². The van der Waals surface area contributed by atoms with E-state index in [4.69, 9.17) is 4.42 Å². The summed E-state index contributed by atoms with van der Waals surface area (Å²) in [5.41, 5.74) is 3.00. The van der Waals surface area contributed by atoms with Crippen molar-refractivity contribution in [1.82, 2.24) is 15.6 Å². The number of hydrogen-bond acceptors (Lipinski definition) is 3. The zero-order valence-electron chi connectivity index (χ0n) is 13.9. The SMILES string of the molecule is O=C(NCCCc1ccccc1)NCc1ccc(-c2ccco2)nc1. The van der Waals surface area contributed by atoms with Crippen LogP contribution in [0.25, 0.3) is 11.5 Å². The highest BCUT2D eigenvalue weighted by molar-refractivity contribution is 5.73. The lowest BCUT2D eigenvalue weighted by Gasteiger charge is -2.08. The molecular formula is C20H21N3O2. The van der Waals surface area contributed by atoms with Gasteiger partial charge in [0.25, 0.3) is 0 Å². The lowest BCUT2D eigenvalue weighted by Crippen LogP contribution is -2.35. The predicted molar refractivity (Wildman–Crippen MR) is 96.9 cm³/mol. The second kappa shape index (κ2) is 8.68. The van der Waals surface area contributed by atoms with E-state index in [0.29, 0.717) is 13.1 Å². The van der Waals surface area contributed by atoms with E-state index < -0.39 is 0 Å². The highest BCUT2D eigenvalue weighted by Gasteiger charge is 2.04. The van der Waals surface area contributed by atoms with E-state index in [0.717, 1.165) is 29.9 Å². The van der Waals surface area contributed by atoms with Gasteiger partial charge in [0.2, 0.25) is 0 Å². The molecule has 0 aliphatic carbocycles. The first-order valence-corrected chi connectivity index (χ1v) is 8.36. The van der Waals surface area contributed by atoms with Crippen molar-refractivity contribution in [3.8, 4) is 11.5 Å². The minimum Gasteiger partial charge on any atom is -0.463 e. The zero-order valence-corrected chi connectivity index (χ0v) is 13.9. The van der Waals surface area contributed by atoms with Crippen molar-refractivity contribution >= 4 is 6.03 Å². The molecular weight excluding hydrogens is 314 g/mol. The van der Waals surface area contributed by atoms with Crippen molar-refractivity contribution < 1.29 is 9.21 Å². The van der Waals surface area contributed by atoms with Crippen LogP contribution in [0.4, 0.5) is 4.79 Å². The topological polar surface area (TPSA) is 67.2 Å². The summed E-state index contributed by atoms with van der Waals surface area (Å²) >= 11 is 0. The minimum absolute atomic E-state index is 0.164.